The summed E-state index contributed by atoms with van der Waals surface area (Å²) in [5, 5.41) is 20.4. The molecule has 2 aliphatic heterocycles. The van der Waals surface area contributed by atoms with E-state index in [1.54, 1.807) is 12.1 Å². The zero-order valence-electron chi connectivity index (χ0n) is 13.8. The molecule has 0 aromatic carbocycles. The number of aromatic hydroxyl groups is 2. The van der Waals surface area contributed by atoms with Gasteiger partial charge < -0.3 is 20.2 Å². The van der Waals surface area contributed by atoms with Crippen LogP contribution in [-0.4, -0.2) is 30.1 Å². The van der Waals surface area contributed by atoms with E-state index in [1.165, 1.54) is 0 Å². The Labute approximate surface area is 148 Å². The Bertz CT molecular complexity index is 1220. The molecule has 3 aromatic heterocycles. The molecule has 8 bridgehead atoms. The topological polar surface area (TPSA) is 97.8 Å². The van der Waals surface area contributed by atoms with E-state index in [1.807, 2.05) is 36.4 Å². The summed E-state index contributed by atoms with van der Waals surface area (Å²) in [5.74, 6) is -0.357. The Morgan fingerprint density at radius 1 is 0.692 bits per heavy atom. The Hall–Kier alpha value is -3.54. The van der Waals surface area contributed by atoms with E-state index in [0.717, 1.165) is 41.0 Å². The third-order valence-corrected chi connectivity index (χ3v) is 4.57. The lowest BCUT2D eigenvalue weighted by Crippen LogP contribution is -1.77. The smallest absolute Gasteiger partial charge is 0.183 e. The molecule has 0 saturated heterocycles. The third-order valence-electron chi connectivity index (χ3n) is 4.57. The zero-order chi connectivity index (χ0) is 17.7. The first-order chi connectivity index (χ1) is 12.6. The van der Waals surface area contributed by atoms with Gasteiger partial charge >= 0.3 is 0 Å². The van der Waals surface area contributed by atoms with E-state index in [2.05, 4.69) is 19.9 Å². The van der Waals surface area contributed by atoms with Crippen LogP contribution in [0.2, 0.25) is 0 Å². The van der Waals surface area contributed by atoms with Crippen LogP contribution in [0, 0.1) is 0 Å². The van der Waals surface area contributed by atoms with Gasteiger partial charge in [-0.25, -0.2) is 4.98 Å². The minimum atomic E-state index is -0.183. The highest BCUT2D eigenvalue weighted by atomic mass is 16.3. The van der Waals surface area contributed by atoms with Gasteiger partial charge in [0.2, 0.25) is 0 Å². The minimum absolute atomic E-state index is 0.173. The van der Waals surface area contributed by atoms with Crippen LogP contribution in [0.1, 0.15) is 22.8 Å². The summed E-state index contributed by atoms with van der Waals surface area (Å²) >= 11 is 0. The van der Waals surface area contributed by atoms with Gasteiger partial charge in [0.1, 0.15) is 0 Å². The van der Waals surface area contributed by atoms with Crippen molar-refractivity contribution in [1.82, 2.24) is 19.9 Å². The van der Waals surface area contributed by atoms with Crippen molar-refractivity contribution in [3.8, 4) is 11.5 Å². The van der Waals surface area contributed by atoms with Gasteiger partial charge in [0.05, 0.1) is 22.4 Å². The Balaban J connectivity index is 1.88. The first kappa shape index (κ1) is 14.8. The summed E-state index contributed by atoms with van der Waals surface area (Å²) in [6.45, 7) is 0. The standard InChI is InChI=1S/C20H16N4O2/c25-19-17-9-15-5-3-13(22-15)7-11-1-2-12(21-11)8-14-4-6-16(23-14)10-18(24-17)20(19)26/h1-3,5,7-10,21,24-26H,4,6H2. The number of hydrogen-bond acceptors (Lipinski definition) is 4. The number of fused-ring (bicyclic) bond motifs is 8. The number of H-pyrrole nitrogens is 2. The Morgan fingerprint density at radius 3 is 2.08 bits per heavy atom. The van der Waals surface area contributed by atoms with Crippen LogP contribution >= 0.6 is 0 Å². The van der Waals surface area contributed by atoms with Gasteiger partial charge in [0.25, 0.3) is 0 Å². The summed E-state index contributed by atoms with van der Waals surface area (Å²) < 4.78 is 0. The molecule has 0 unspecified atom stereocenters. The van der Waals surface area contributed by atoms with E-state index in [4.69, 9.17) is 0 Å². The fourth-order valence-corrected chi connectivity index (χ4v) is 3.30. The molecule has 0 radical (unpaired) electrons. The highest BCUT2D eigenvalue weighted by Crippen LogP contribution is 2.34. The van der Waals surface area contributed by atoms with E-state index in [9.17, 15) is 10.2 Å². The molecule has 0 aliphatic carbocycles. The van der Waals surface area contributed by atoms with Gasteiger partial charge in [-0.15, -0.1) is 0 Å². The molecule has 0 amide bonds. The molecule has 5 rings (SSSR count). The fraction of sp³-hybridized carbons (Fsp3) is 0.100. The van der Waals surface area contributed by atoms with Crippen molar-refractivity contribution in [1.29, 1.82) is 0 Å². The summed E-state index contributed by atoms with van der Waals surface area (Å²) in [4.78, 5) is 15.5. The molecule has 5 heterocycles. The second kappa shape index (κ2) is 5.49. The number of rotatable bonds is 0. The summed E-state index contributed by atoms with van der Waals surface area (Å²) in [6, 6.07) is 11.5. The molecular weight excluding hydrogens is 328 g/mol. The molecule has 0 saturated carbocycles. The van der Waals surface area contributed by atoms with E-state index in [0.29, 0.717) is 16.7 Å². The van der Waals surface area contributed by atoms with Crippen LogP contribution < -0.4 is 0 Å². The molecular formula is C20H16N4O2. The van der Waals surface area contributed by atoms with Crippen molar-refractivity contribution in [2.75, 3.05) is 0 Å². The van der Waals surface area contributed by atoms with E-state index in [-0.39, 0.29) is 11.5 Å². The second-order valence-electron chi connectivity index (χ2n) is 6.49. The van der Waals surface area contributed by atoms with E-state index >= 15 is 0 Å². The lowest BCUT2D eigenvalue weighted by atomic mass is 10.2. The molecule has 6 nitrogen and oxygen atoms in total. The molecule has 26 heavy (non-hydrogen) atoms. The molecule has 0 atom stereocenters. The predicted molar refractivity (Wildman–Crippen MR) is 101 cm³/mol. The van der Waals surface area contributed by atoms with Crippen LogP contribution in [0.25, 0.3) is 34.2 Å². The van der Waals surface area contributed by atoms with Crippen LogP contribution in [-0.2, 0) is 12.8 Å². The first-order valence-electron chi connectivity index (χ1n) is 8.43. The molecule has 2 aliphatic rings. The molecule has 6 heteroatoms. The Kier molecular flexibility index (Phi) is 3.12. The largest absolute Gasteiger partial charge is 0.503 e. The molecule has 3 aromatic rings. The van der Waals surface area contributed by atoms with Crippen molar-refractivity contribution >= 4 is 34.2 Å². The summed E-state index contributed by atoms with van der Waals surface area (Å²) in [6.07, 6.45) is 5.40. The number of hydrogen-bond donors (Lipinski definition) is 4. The lowest BCUT2D eigenvalue weighted by Gasteiger charge is -1.87. The van der Waals surface area contributed by atoms with Crippen LogP contribution in [0.15, 0.2) is 36.4 Å². The van der Waals surface area contributed by atoms with Crippen molar-refractivity contribution in [3.63, 3.8) is 0 Å². The van der Waals surface area contributed by atoms with Gasteiger partial charge in [-0.1, -0.05) is 0 Å². The average Bonchev–Trinajstić information content (AvgIpc) is 3.38. The van der Waals surface area contributed by atoms with Gasteiger partial charge in [-0.05, 0) is 61.4 Å². The fourth-order valence-electron chi connectivity index (χ4n) is 3.30. The molecule has 0 fully saturated rings. The number of aromatic nitrogens is 4. The van der Waals surface area contributed by atoms with Crippen molar-refractivity contribution < 1.29 is 10.2 Å². The lowest BCUT2D eigenvalue weighted by molar-refractivity contribution is 0.414. The van der Waals surface area contributed by atoms with Crippen LogP contribution in [0.4, 0.5) is 0 Å². The number of aryl methyl sites for hydroxylation is 2. The van der Waals surface area contributed by atoms with Gasteiger partial charge in [-0.2, -0.15) is 0 Å². The minimum Gasteiger partial charge on any atom is -0.503 e. The summed E-state index contributed by atoms with van der Waals surface area (Å²) in [7, 11) is 0. The first-order valence-corrected chi connectivity index (χ1v) is 8.43. The quantitative estimate of drug-likeness (QED) is 0.391. The molecule has 0 spiro atoms. The SMILES string of the molecule is Oc1c(O)c2cc3nc(cc4ccc(cc5nc(cc1[nH]2)C=C5)[nH]4)CC3. The maximum atomic E-state index is 10.2. The summed E-state index contributed by atoms with van der Waals surface area (Å²) in [5.41, 5.74) is 6.16. The molecule has 128 valence electrons. The van der Waals surface area contributed by atoms with Crippen molar-refractivity contribution in [2.24, 2.45) is 0 Å². The zero-order valence-corrected chi connectivity index (χ0v) is 13.8. The maximum absolute atomic E-state index is 10.2. The number of nitrogens with one attached hydrogen (secondary N) is 2. The predicted octanol–water partition coefficient (Wildman–Crippen LogP) is 3.68. The monoisotopic (exact) mass is 344 g/mol. The highest BCUT2D eigenvalue weighted by molar-refractivity contribution is 5.81. The highest BCUT2D eigenvalue weighted by Gasteiger charge is 2.11. The van der Waals surface area contributed by atoms with Crippen molar-refractivity contribution in [3.05, 3.63) is 59.2 Å². The van der Waals surface area contributed by atoms with Crippen LogP contribution in [0.3, 0.4) is 0 Å². The van der Waals surface area contributed by atoms with Gasteiger partial charge in [0, 0.05) is 22.4 Å². The van der Waals surface area contributed by atoms with Gasteiger partial charge in [-0.3, -0.25) is 4.98 Å². The second-order valence-corrected chi connectivity index (χ2v) is 6.49. The van der Waals surface area contributed by atoms with Gasteiger partial charge in [0.15, 0.2) is 11.5 Å². The van der Waals surface area contributed by atoms with E-state index < -0.39 is 0 Å². The third kappa shape index (κ3) is 2.52. The number of aromatic amines is 2. The van der Waals surface area contributed by atoms with Crippen molar-refractivity contribution in [2.45, 2.75) is 12.8 Å². The Morgan fingerprint density at radius 2 is 1.31 bits per heavy atom. The van der Waals surface area contributed by atoms with Crippen LogP contribution in [0.5, 0.6) is 11.5 Å². The maximum Gasteiger partial charge on any atom is 0.183 e. The average molecular weight is 344 g/mol. The normalized spacial score (nSPS) is 13.2. The number of nitrogens with zero attached hydrogens (tertiary/aromatic N) is 2. The molecule has 4 N–H and O–H groups in total.